The standard InChI is InChI=1S/C17H15N3O/c1-13-19-16(11-14-5-3-2-4-6-14)17(21)20(13)12-15-7-9-18-10-8-15/h2-11H,12H2,1H3/b16-11+. The van der Waals surface area contributed by atoms with Gasteiger partial charge in [-0.15, -0.1) is 0 Å². The second-order valence-corrected chi connectivity index (χ2v) is 4.85. The molecule has 1 aromatic heterocycles. The average molecular weight is 277 g/mol. The van der Waals surface area contributed by atoms with E-state index < -0.39 is 0 Å². The molecule has 1 aromatic carbocycles. The Hall–Kier alpha value is -2.75. The third-order valence-electron chi connectivity index (χ3n) is 3.33. The van der Waals surface area contributed by atoms with E-state index >= 15 is 0 Å². The first-order valence-electron chi connectivity index (χ1n) is 6.77. The van der Waals surface area contributed by atoms with E-state index in [2.05, 4.69) is 9.98 Å². The molecule has 0 radical (unpaired) electrons. The maximum atomic E-state index is 12.5. The highest BCUT2D eigenvalue weighted by atomic mass is 16.2. The second-order valence-electron chi connectivity index (χ2n) is 4.85. The average Bonchev–Trinajstić information content (AvgIpc) is 2.77. The Labute approximate surface area is 123 Å². The van der Waals surface area contributed by atoms with Crippen LogP contribution in [0.2, 0.25) is 0 Å². The van der Waals surface area contributed by atoms with Gasteiger partial charge >= 0.3 is 0 Å². The van der Waals surface area contributed by atoms with Crippen LogP contribution in [0.4, 0.5) is 0 Å². The van der Waals surface area contributed by atoms with E-state index in [0.717, 1.165) is 17.0 Å². The summed E-state index contributed by atoms with van der Waals surface area (Å²) in [6.07, 6.45) is 5.27. The van der Waals surface area contributed by atoms with Gasteiger partial charge in [0.25, 0.3) is 5.91 Å². The molecule has 3 rings (SSSR count). The summed E-state index contributed by atoms with van der Waals surface area (Å²) in [6, 6.07) is 13.5. The van der Waals surface area contributed by atoms with Crippen molar-refractivity contribution in [2.75, 3.05) is 0 Å². The highest BCUT2D eigenvalue weighted by Gasteiger charge is 2.27. The fourth-order valence-electron chi connectivity index (χ4n) is 2.23. The molecule has 0 saturated heterocycles. The molecule has 0 N–H and O–H groups in total. The zero-order valence-corrected chi connectivity index (χ0v) is 11.7. The number of amides is 1. The Morgan fingerprint density at radius 3 is 2.52 bits per heavy atom. The van der Waals surface area contributed by atoms with Crippen LogP contribution in [0.1, 0.15) is 18.1 Å². The van der Waals surface area contributed by atoms with Crippen LogP contribution < -0.4 is 0 Å². The van der Waals surface area contributed by atoms with Crippen LogP contribution in [0.3, 0.4) is 0 Å². The van der Waals surface area contributed by atoms with Crippen molar-refractivity contribution in [1.29, 1.82) is 0 Å². The third kappa shape index (κ3) is 2.89. The molecule has 2 aromatic rings. The van der Waals surface area contributed by atoms with Crippen molar-refractivity contribution in [3.8, 4) is 0 Å². The molecule has 2 heterocycles. The molecular formula is C17H15N3O. The number of hydrogen-bond acceptors (Lipinski definition) is 3. The van der Waals surface area contributed by atoms with Gasteiger partial charge in [-0.05, 0) is 36.3 Å². The molecular weight excluding hydrogens is 262 g/mol. The fraction of sp³-hybridized carbons (Fsp3) is 0.118. The van der Waals surface area contributed by atoms with Gasteiger partial charge in [-0.1, -0.05) is 30.3 Å². The highest BCUT2D eigenvalue weighted by molar-refractivity contribution is 6.13. The quantitative estimate of drug-likeness (QED) is 0.810. The predicted octanol–water partition coefficient (Wildman–Crippen LogP) is 2.88. The van der Waals surface area contributed by atoms with Gasteiger partial charge in [0.15, 0.2) is 0 Å². The van der Waals surface area contributed by atoms with E-state index in [1.54, 1.807) is 17.3 Å². The number of hydrogen-bond donors (Lipinski definition) is 0. The monoisotopic (exact) mass is 277 g/mol. The van der Waals surface area contributed by atoms with E-state index in [1.165, 1.54) is 0 Å². The zero-order chi connectivity index (χ0) is 14.7. The number of carbonyl (C=O) groups excluding carboxylic acids is 1. The van der Waals surface area contributed by atoms with E-state index in [1.807, 2.05) is 55.5 Å². The summed E-state index contributed by atoms with van der Waals surface area (Å²) in [4.78, 5) is 22.5. The van der Waals surface area contributed by atoms with Crippen LogP contribution in [0.15, 0.2) is 65.5 Å². The van der Waals surface area contributed by atoms with Crippen LogP contribution in [0, 0.1) is 0 Å². The summed E-state index contributed by atoms with van der Waals surface area (Å²) in [7, 11) is 0. The lowest BCUT2D eigenvalue weighted by Crippen LogP contribution is -2.29. The molecule has 0 atom stereocenters. The lowest BCUT2D eigenvalue weighted by molar-refractivity contribution is -0.123. The van der Waals surface area contributed by atoms with Gasteiger partial charge in [0.2, 0.25) is 0 Å². The van der Waals surface area contributed by atoms with E-state index in [-0.39, 0.29) is 5.91 Å². The summed E-state index contributed by atoms with van der Waals surface area (Å²) in [5.74, 6) is 0.659. The summed E-state index contributed by atoms with van der Waals surface area (Å²) in [5.41, 5.74) is 2.49. The number of carbonyl (C=O) groups is 1. The molecule has 4 heteroatoms. The van der Waals surface area contributed by atoms with Crippen molar-refractivity contribution < 1.29 is 4.79 Å². The molecule has 1 amide bonds. The van der Waals surface area contributed by atoms with Gasteiger partial charge in [-0.3, -0.25) is 14.7 Å². The molecule has 0 bridgehead atoms. The first kappa shape index (κ1) is 13.2. The minimum atomic E-state index is -0.0619. The van der Waals surface area contributed by atoms with Crippen molar-refractivity contribution in [3.63, 3.8) is 0 Å². The van der Waals surface area contributed by atoms with Crippen LogP contribution in [-0.2, 0) is 11.3 Å². The van der Waals surface area contributed by atoms with Crippen LogP contribution >= 0.6 is 0 Å². The number of aromatic nitrogens is 1. The minimum absolute atomic E-state index is 0.0619. The Morgan fingerprint density at radius 2 is 1.81 bits per heavy atom. The molecule has 1 aliphatic heterocycles. The Morgan fingerprint density at radius 1 is 1.10 bits per heavy atom. The third-order valence-corrected chi connectivity index (χ3v) is 3.33. The lowest BCUT2D eigenvalue weighted by Gasteiger charge is -2.15. The lowest BCUT2D eigenvalue weighted by atomic mass is 10.2. The smallest absolute Gasteiger partial charge is 0.278 e. The van der Waals surface area contributed by atoms with Gasteiger partial charge < -0.3 is 0 Å². The number of amidine groups is 1. The summed E-state index contributed by atoms with van der Waals surface area (Å²) < 4.78 is 0. The number of benzene rings is 1. The minimum Gasteiger partial charge on any atom is -0.291 e. The van der Waals surface area contributed by atoms with Gasteiger partial charge in [0, 0.05) is 12.4 Å². The molecule has 0 saturated carbocycles. The maximum absolute atomic E-state index is 12.5. The van der Waals surface area contributed by atoms with Crippen LogP contribution in [-0.4, -0.2) is 21.6 Å². The summed E-state index contributed by atoms with van der Waals surface area (Å²) in [6.45, 7) is 2.37. The molecule has 21 heavy (non-hydrogen) atoms. The molecule has 0 aliphatic carbocycles. The number of aliphatic imine (C=N–C) groups is 1. The molecule has 0 unspecified atom stereocenters. The van der Waals surface area contributed by atoms with E-state index in [9.17, 15) is 4.79 Å². The largest absolute Gasteiger partial charge is 0.291 e. The Kier molecular flexibility index (Phi) is 3.60. The van der Waals surface area contributed by atoms with Crippen molar-refractivity contribution in [1.82, 2.24) is 9.88 Å². The molecule has 0 spiro atoms. The van der Waals surface area contributed by atoms with Crippen LogP contribution in [0.5, 0.6) is 0 Å². The van der Waals surface area contributed by atoms with Gasteiger partial charge in [-0.25, -0.2) is 4.99 Å². The first-order valence-corrected chi connectivity index (χ1v) is 6.77. The maximum Gasteiger partial charge on any atom is 0.278 e. The van der Waals surface area contributed by atoms with Gasteiger partial charge in [-0.2, -0.15) is 0 Å². The van der Waals surface area contributed by atoms with E-state index in [0.29, 0.717) is 12.2 Å². The fourth-order valence-corrected chi connectivity index (χ4v) is 2.23. The SMILES string of the molecule is CC1=N/C(=C/c2ccccc2)C(=O)N1Cc1ccncc1. The molecule has 0 fully saturated rings. The van der Waals surface area contributed by atoms with E-state index in [4.69, 9.17) is 0 Å². The molecule has 104 valence electrons. The summed E-state index contributed by atoms with van der Waals surface area (Å²) >= 11 is 0. The molecule has 4 nitrogen and oxygen atoms in total. The van der Waals surface area contributed by atoms with Crippen molar-refractivity contribution >= 4 is 17.8 Å². The summed E-state index contributed by atoms with van der Waals surface area (Å²) in [5, 5.41) is 0. The highest BCUT2D eigenvalue weighted by Crippen LogP contribution is 2.20. The van der Waals surface area contributed by atoms with Gasteiger partial charge in [0.05, 0.1) is 6.54 Å². The second kappa shape index (κ2) is 5.71. The van der Waals surface area contributed by atoms with Crippen molar-refractivity contribution in [3.05, 3.63) is 71.7 Å². The van der Waals surface area contributed by atoms with Crippen molar-refractivity contribution in [2.45, 2.75) is 13.5 Å². The van der Waals surface area contributed by atoms with Crippen LogP contribution in [0.25, 0.3) is 6.08 Å². The zero-order valence-electron chi connectivity index (χ0n) is 11.7. The number of nitrogens with zero attached hydrogens (tertiary/aromatic N) is 3. The predicted molar refractivity (Wildman–Crippen MR) is 82.3 cm³/mol. The number of pyridine rings is 1. The Bertz CT molecular complexity index is 705. The van der Waals surface area contributed by atoms with Gasteiger partial charge in [0.1, 0.15) is 11.5 Å². The normalized spacial score (nSPS) is 16.4. The number of rotatable bonds is 3. The topological polar surface area (TPSA) is 45.6 Å². The first-order chi connectivity index (χ1) is 10.2. The van der Waals surface area contributed by atoms with Crippen molar-refractivity contribution in [2.24, 2.45) is 4.99 Å². The molecule has 1 aliphatic rings. The Balaban J connectivity index is 1.83.